The number of anilines is 1. The number of fused-ring (bicyclic) bond motifs is 1. The number of amides is 2. The molecular formula is C28H24ClNO2. The Kier molecular flexibility index (Phi) is 5.02. The van der Waals surface area contributed by atoms with Crippen molar-refractivity contribution in [3.05, 3.63) is 113 Å². The Bertz CT molecular complexity index is 1220. The van der Waals surface area contributed by atoms with E-state index >= 15 is 0 Å². The Morgan fingerprint density at radius 1 is 0.812 bits per heavy atom. The molecule has 1 aliphatic heterocycles. The second-order valence-electron chi connectivity index (χ2n) is 8.83. The van der Waals surface area contributed by atoms with Crippen LogP contribution in [0.3, 0.4) is 0 Å². The standard InChI is InChI=1S/C28H24ClNO2/c1-18-23(29)14-9-15-24(18)30-26(31)25-21(19-10-5-3-6-11-19)16-17-22(28(25,2)27(30)32)20-12-7-4-8-13-20/h3-17,21-22,25H,1-2H3/t21-,22-,25-,28+/m0/s1. The van der Waals surface area contributed by atoms with Gasteiger partial charge in [-0.25, -0.2) is 4.90 Å². The van der Waals surface area contributed by atoms with Crippen LogP contribution in [0.2, 0.25) is 5.02 Å². The van der Waals surface area contributed by atoms with Crippen LogP contribution in [-0.2, 0) is 9.59 Å². The van der Waals surface area contributed by atoms with E-state index in [0.29, 0.717) is 10.7 Å². The molecule has 0 unspecified atom stereocenters. The van der Waals surface area contributed by atoms with Crippen LogP contribution in [0.4, 0.5) is 5.69 Å². The first-order valence-electron chi connectivity index (χ1n) is 10.9. The van der Waals surface area contributed by atoms with E-state index in [0.717, 1.165) is 16.7 Å². The first-order chi connectivity index (χ1) is 15.4. The quantitative estimate of drug-likeness (QED) is 0.354. The van der Waals surface area contributed by atoms with Crippen molar-refractivity contribution in [2.75, 3.05) is 4.90 Å². The lowest BCUT2D eigenvalue weighted by Gasteiger charge is -2.41. The van der Waals surface area contributed by atoms with Crippen molar-refractivity contribution >= 4 is 29.1 Å². The number of imide groups is 1. The maximum atomic E-state index is 14.1. The third kappa shape index (κ3) is 2.96. The molecule has 0 radical (unpaired) electrons. The molecule has 2 aliphatic rings. The predicted molar refractivity (Wildman–Crippen MR) is 128 cm³/mol. The number of hydrogen-bond donors (Lipinski definition) is 0. The number of carbonyl (C=O) groups excluding carboxylic acids is 2. The second-order valence-corrected chi connectivity index (χ2v) is 9.24. The molecule has 4 atom stereocenters. The zero-order valence-electron chi connectivity index (χ0n) is 18.0. The summed E-state index contributed by atoms with van der Waals surface area (Å²) >= 11 is 6.36. The van der Waals surface area contributed by atoms with E-state index in [1.54, 1.807) is 18.2 Å². The highest BCUT2D eigenvalue weighted by molar-refractivity contribution is 6.32. The van der Waals surface area contributed by atoms with E-state index in [2.05, 4.69) is 12.2 Å². The summed E-state index contributed by atoms with van der Waals surface area (Å²) in [6.45, 7) is 3.80. The largest absolute Gasteiger partial charge is 0.274 e. The minimum atomic E-state index is -0.914. The maximum absolute atomic E-state index is 14.1. The number of rotatable bonds is 3. The molecule has 1 saturated heterocycles. The van der Waals surface area contributed by atoms with Gasteiger partial charge in [0.25, 0.3) is 0 Å². The first-order valence-corrected chi connectivity index (χ1v) is 11.2. The van der Waals surface area contributed by atoms with E-state index in [9.17, 15) is 9.59 Å². The van der Waals surface area contributed by atoms with Crippen LogP contribution in [0.25, 0.3) is 0 Å². The summed E-state index contributed by atoms with van der Waals surface area (Å²) in [6.07, 6.45) is 4.22. The Balaban J connectivity index is 1.71. The van der Waals surface area contributed by atoms with E-state index in [4.69, 9.17) is 11.6 Å². The maximum Gasteiger partial charge on any atom is 0.241 e. The summed E-state index contributed by atoms with van der Waals surface area (Å²) in [5.74, 6) is -1.22. The first kappa shape index (κ1) is 20.7. The van der Waals surface area contributed by atoms with Gasteiger partial charge in [-0.05, 0) is 42.7 Å². The van der Waals surface area contributed by atoms with Gasteiger partial charge in [0.05, 0.1) is 17.0 Å². The lowest BCUT2D eigenvalue weighted by molar-refractivity contribution is -0.127. The molecule has 160 valence electrons. The van der Waals surface area contributed by atoms with Crippen molar-refractivity contribution in [1.29, 1.82) is 0 Å². The average molecular weight is 442 g/mol. The van der Waals surface area contributed by atoms with Crippen molar-refractivity contribution < 1.29 is 9.59 Å². The molecule has 3 nitrogen and oxygen atoms in total. The van der Waals surface area contributed by atoms with Gasteiger partial charge < -0.3 is 0 Å². The molecule has 0 bridgehead atoms. The number of carbonyl (C=O) groups is 2. The zero-order chi connectivity index (χ0) is 22.5. The summed E-state index contributed by atoms with van der Waals surface area (Å²) in [6, 6.07) is 25.3. The molecular weight excluding hydrogens is 418 g/mol. The van der Waals surface area contributed by atoms with E-state index < -0.39 is 11.3 Å². The Morgan fingerprint density at radius 2 is 1.44 bits per heavy atom. The van der Waals surface area contributed by atoms with Crippen LogP contribution in [-0.4, -0.2) is 11.8 Å². The lowest BCUT2D eigenvalue weighted by Crippen LogP contribution is -2.42. The molecule has 3 aromatic rings. The van der Waals surface area contributed by atoms with Crippen molar-refractivity contribution in [3.8, 4) is 0 Å². The Morgan fingerprint density at radius 3 is 2.09 bits per heavy atom. The van der Waals surface area contributed by atoms with Crippen molar-refractivity contribution in [2.45, 2.75) is 25.7 Å². The molecule has 5 rings (SSSR count). The summed E-state index contributed by atoms with van der Waals surface area (Å²) in [7, 11) is 0. The highest BCUT2D eigenvalue weighted by Gasteiger charge is 2.63. The van der Waals surface area contributed by atoms with Crippen LogP contribution in [0, 0.1) is 18.3 Å². The number of allylic oxidation sites excluding steroid dienone is 2. The highest BCUT2D eigenvalue weighted by Crippen LogP contribution is 2.58. The van der Waals surface area contributed by atoms with Crippen molar-refractivity contribution in [2.24, 2.45) is 11.3 Å². The van der Waals surface area contributed by atoms with Crippen LogP contribution in [0.5, 0.6) is 0 Å². The van der Waals surface area contributed by atoms with Gasteiger partial charge >= 0.3 is 0 Å². The normalized spacial score (nSPS) is 27.0. The molecule has 0 aromatic heterocycles. The monoisotopic (exact) mass is 441 g/mol. The molecule has 4 heteroatoms. The van der Waals surface area contributed by atoms with E-state index in [1.807, 2.05) is 74.5 Å². The fourth-order valence-electron chi connectivity index (χ4n) is 5.43. The molecule has 1 fully saturated rings. The molecule has 0 spiro atoms. The van der Waals surface area contributed by atoms with Crippen LogP contribution in [0.15, 0.2) is 91.0 Å². The van der Waals surface area contributed by atoms with Gasteiger partial charge in [-0.2, -0.15) is 0 Å². The van der Waals surface area contributed by atoms with Gasteiger partial charge in [-0.3, -0.25) is 9.59 Å². The van der Waals surface area contributed by atoms with Crippen LogP contribution in [0.1, 0.15) is 35.4 Å². The third-order valence-electron chi connectivity index (χ3n) is 7.14. The van der Waals surface area contributed by atoms with Crippen molar-refractivity contribution in [3.63, 3.8) is 0 Å². The van der Waals surface area contributed by atoms with E-state index in [1.165, 1.54) is 4.90 Å². The topological polar surface area (TPSA) is 37.4 Å². The van der Waals surface area contributed by atoms with Crippen LogP contribution < -0.4 is 4.90 Å². The smallest absolute Gasteiger partial charge is 0.241 e. The predicted octanol–water partition coefficient (Wildman–Crippen LogP) is 6.28. The number of halogens is 1. The molecule has 3 aromatic carbocycles. The highest BCUT2D eigenvalue weighted by atomic mass is 35.5. The summed E-state index contributed by atoms with van der Waals surface area (Å²) in [5, 5.41) is 0.542. The summed E-state index contributed by atoms with van der Waals surface area (Å²) in [4.78, 5) is 29.5. The van der Waals surface area contributed by atoms with Gasteiger partial charge in [0.1, 0.15) is 0 Å². The van der Waals surface area contributed by atoms with Crippen LogP contribution >= 0.6 is 11.6 Å². The van der Waals surface area contributed by atoms with Gasteiger partial charge in [0, 0.05) is 16.9 Å². The molecule has 32 heavy (non-hydrogen) atoms. The van der Waals surface area contributed by atoms with Gasteiger partial charge in [0.15, 0.2) is 0 Å². The number of benzene rings is 3. The zero-order valence-corrected chi connectivity index (χ0v) is 18.8. The SMILES string of the molecule is Cc1c(Cl)cccc1N1C(=O)[C@@H]2[C@H](c3ccccc3)C=C[C@@H](c3ccccc3)[C@@]2(C)C1=O. The minimum Gasteiger partial charge on any atom is -0.274 e. The summed E-state index contributed by atoms with van der Waals surface area (Å²) < 4.78 is 0. The van der Waals surface area contributed by atoms with E-state index in [-0.39, 0.29) is 23.7 Å². The van der Waals surface area contributed by atoms with Gasteiger partial charge in [-0.1, -0.05) is 90.5 Å². The minimum absolute atomic E-state index is 0.165. The fourth-order valence-corrected chi connectivity index (χ4v) is 5.60. The number of hydrogen-bond acceptors (Lipinski definition) is 2. The molecule has 0 saturated carbocycles. The molecule has 1 heterocycles. The Labute approximate surface area is 193 Å². The molecule has 0 N–H and O–H groups in total. The average Bonchev–Trinajstić information content (AvgIpc) is 3.02. The Hall–Kier alpha value is -3.17. The third-order valence-corrected chi connectivity index (χ3v) is 7.55. The fraction of sp³-hybridized carbons (Fsp3) is 0.214. The summed E-state index contributed by atoms with van der Waals surface area (Å²) in [5.41, 5.74) is 2.47. The lowest BCUT2D eigenvalue weighted by atomic mass is 9.58. The molecule has 2 amide bonds. The van der Waals surface area contributed by atoms with Gasteiger partial charge in [-0.15, -0.1) is 0 Å². The second kappa shape index (κ2) is 7.75. The number of nitrogens with zero attached hydrogens (tertiary/aromatic N) is 1. The molecule has 1 aliphatic carbocycles. The van der Waals surface area contributed by atoms with Gasteiger partial charge in [0.2, 0.25) is 11.8 Å². The van der Waals surface area contributed by atoms with Crippen molar-refractivity contribution in [1.82, 2.24) is 0 Å².